The lowest BCUT2D eigenvalue weighted by Crippen LogP contribution is -2.39. The summed E-state index contributed by atoms with van der Waals surface area (Å²) in [6.45, 7) is 12.8. The van der Waals surface area contributed by atoms with Crippen molar-refractivity contribution in [1.29, 1.82) is 0 Å². The van der Waals surface area contributed by atoms with E-state index in [1.165, 1.54) is 9.79 Å². The minimum absolute atomic E-state index is 0.179. The van der Waals surface area contributed by atoms with E-state index in [1.54, 1.807) is 0 Å². The molecule has 3 aliphatic carbocycles. The summed E-state index contributed by atoms with van der Waals surface area (Å²) in [6, 6.07) is 33.2. The third-order valence-electron chi connectivity index (χ3n) is 17.7. The molecule has 0 unspecified atom stereocenters. The summed E-state index contributed by atoms with van der Waals surface area (Å²) in [6.07, 6.45) is 11.6. The smallest absolute Gasteiger partial charge is 0.344 e. The SMILES string of the molecule is CC(C)C1(OC(=O)COc2c(I)cc(I)cc2COc2ccc([SH]3c4ccc(OCc5cc(I)cc(I)c5OCC(=O)OC5(C(C)C)CCCC5)cc4-c4cc(OCc5cc(I)cc(I)c5OCC(=O)OC5(C(C)C)CCCC5)ccc43)cc2)CCCC1. The van der Waals surface area contributed by atoms with Gasteiger partial charge < -0.3 is 42.6 Å². The molecule has 0 amide bonds. The van der Waals surface area contributed by atoms with Gasteiger partial charge in [-0.2, -0.15) is 10.9 Å². The van der Waals surface area contributed by atoms with Crippen LogP contribution in [0.25, 0.3) is 11.1 Å². The van der Waals surface area contributed by atoms with Crippen LogP contribution in [-0.2, 0) is 48.4 Å². The van der Waals surface area contributed by atoms with Gasteiger partial charge in [0.15, 0.2) is 19.8 Å². The second kappa shape index (κ2) is 30.1. The van der Waals surface area contributed by atoms with Gasteiger partial charge in [-0.25, -0.2) is 14.4 Å². The van der Waals surface area contributed by atoms with Gasteiger partial charge in [-0.15, -0.1) is 0 Å². The van der Waals surface area contributed by atoms with E-state index in [1.807, 2.05) is 60.7 Å². The summed E-state index contributed by atoms with van der Waals surface area (Å²) < 4.78 is 62.9. The van der Waals surface area contributed by atoms with Crippen molar-refractivity contribution >= 4 is 164 Å². The van der Waals surface area contributed by atoms with Gasteiger partial charge >= 0.3 is 17.9 Å². The zero-order valence-electron chi connectivity index (χ0n) is 50.3. The monoisotopic (exact) mass is 1890 g/mol. The van der Waals surface area contributed by atoms with Crippen molar-refractivity contribution in [2.75, 3.05) is 19.8 Å². The van der Waals surface area contributed by atoms with E-state index < -0.39 is 27.7 Å². The van der Waals surface area contributed by atoms with Gasteiger partial charge in [0, 0.05) is 37.2 Å². The van der Waals surface area contributed by atoms with Crippen LogP contribution in [0.5, 0.6) is 34.5 Å². The van der Waals surface area contributed by atoms with Crippen LogP contribution < -0.4 is 28.4 Å². The minimum Gasteiger partial charge on any atom is -0.489 e. The maximum atomic E-state index is 13.4. The molecule has 470 valence electrons. The molecule has 0 radical (unpaired) electrons. The molecule has 6 aromatic rings. The molecule has 6 aromatic carbocycles. The average Bonchev–Trinajstić information content (AvgIpc) is 1.82. The van der Waals surface area contributed by atoms with Gasteiger partial charge in [-0.05, 0) is 343 Å². The maximum Gasteiger partial charge on any atom is 0.344 e. The maximum absolute atomic E-state index is 13.4. The van der Waals surface area contributed by atoms with Crippen molar-refractivity contribution in [1.82, 2.24) is 0 Å². The number of esters is 3. The molecule has 0 saturated heterocycles. The Bertz CT molecular complexity index is 3360. The summed E-state index contributed by atoms with van der Waals surface area (Å²) in [7, 11) is -1.05. The van der Waals surface area contributed by atoms with Crippen LogP contribution in [0.15, 0.2) is 112 Å². The number of halogens is 6. The molecule has 4 aliphatic rings. The number of rotatable bonds is 25. The second-order valence-electron chi connectivity index (χ2n) is 24.2. The number of hydrogen-bond donors (Lipinski definition) is 1. The normalized spacial score (nSPS) is 16.6. The van der Waals surface area contributed by atoms with Gasteiger partial charge in [-0.1, -0.05) is 41.5 Å². The van der Waals surface area contributed by atoms with Crippen molar-refractivity contribution in [2.24, 2.45) is 17.8 Å². The van der Waals surface area contributed by atoms with Gasteiger partial charge in [0.05, 0.1) is 10.7 Å². The Morgan fingerprint density at radius 2 is 0.693 bits per heavy atom. The number of hydrogen-bond acceptors (Lipinski definition) is 12. The minimum atomic E-state index is -1.05. The first-order chi connectivity index (χ1) is 42.1. The van der Waals surface area contributed by atoms with Crippen molar-refractivity contribution in [3.05, 3.63) is 135 Å². The molecule has 19 heteroatoms. The lowest BCUT2D eigenvalue weighted by Gasteiger charge is -2.33. The largest absolute Gasteiger partial charge is 0.489 e. The molecule has 1 aliphatic heterocycles. The van der Waals surface area contributed by atoms with Crippen LogP contribution in [0.3, 0.4) is 0 Å². The molecule has 3 saturated carbocycles. The fourth-order valence-corrected chi connectivity index (χ4v) is 21.7. The van der Waals surface area contributed by atoms with Gasteiger partial charge in [0.2, 0.25) is 0 Å². The third-order valence-corrected chi connectivity index (χ3v) is 24.5. The highest BCUT2D eigenvalue weighted by Crippen LogP contribution is 2.63. The topological polar surface area (TPSA) is 134 Å². The summed E-state index contributed by atoms with van der Waals surface area (Å²) in [5.41, 5.74) is 3.23. The predicted octanol–water partition coefficient (Wildman–Crippen LogP) is 19.2. The number of fused-ring (bicyclic) bond motifs is 3. The van der Waals surface area contributed by atoms with Crippen LogP contribution >= 0.6 is 146 Å². The fraction of sp³-hybridized carbons (Fsp3) is 0.435. The van der Waals surface area contributed by atoms with Crippen molar-refractivity contribution in [3.63, 3.8) is 0 Å². The van der Waals surface area contributed by atoms with Crippen molar-refractivity contribution < 1.29 is 57.0 Å². The molecule has 10 rings (SSSR count). The quantitative estimate of drug-likeness (QED) is 0.0253. The number of benzene rings is 6. The highest BCUT2D eigenvalue weighted by molar-refractivity contribution is 14.1. The first-order valence-corrected chi connectivity index (χ1v) is 38.0. The summed E-state index contributed by atoms with van der Waals surface area (Å²) in [5, 5.41) is 0. The van der Waals surface area contributed by atoms with E-state index in [9.17, 15) is 14.4 Å². The molecule has 0 spiro atoms. The molecule has 1 heterocycles. The van der Waals surface area contributed by atoms with E-state index in [2.05, 4.69) is 213 Å². The summed E-state index contributed by atoms with van der Waals surface area (Å²) >= 11 is 13.7. The summed E-state index contributed by atoms with van der Waals surface area (Å²) in [5.74, 6) is 3.46. The van der Waals surface area contributed by atoms with E-state index >= 15 is 0 Å². The number of ether oxygens (including phenoxy) is 9. The molecule has 0 aromatic heterocycles. The molecule has 0 atom stereocenters. The molecule has 3 fully saturated rings. The highest BCUT2D eigenvalue weighted by atomic mass is 127. The van der Waals surface area contributed by atoms with E-state index in [4.69, 9.17) is 42.6 Å². The summed E-state index contributed by atoms with van der Waals surface area (Å²) in [4.78, 5) is 43.5. The van der Waals surface area contributed by atoms with E-state index in [-0.39, 0.29) is 75.3 Å². The van der Waals surface area contributed by atoms with Crippen LogP contribution in [0.4, 0.5) is 0 Å². The first-order valence-electron chi connectivity index (χ1n) is 30.2. The van der Waals surface area contributed by atoms with Gasteiger partial charge in [0.25, 0.3) is 0 Å². The van der Waals surface area contributed by atoms with Crippen LogP contribution in [0.2, 0.25) is 0 Å². The Morgan fingerprint density at radius 3 is 1.00 bits per heavy atom. The zero-order chi connectivity index (χ0) is 62.5. The number of carbonyl (C=O) groups is 3. The van der Waals surface area contributed by atoms with Gasteiger partial charge in [0.1, 0.15) is 71.1 Å². The molecule has 12 nitrogen and oxygen atoms in total. The lowest BCUT2D eigenvalue weighted by molar-refractivity contribution is -0.167. The van der Waals surface area contributed by atoms with Crippen molar-refractivity contribution in [2.45, 2.75) is 170 Å². The Balaban J connectivity index is 0.889. The van der Waals surface area contributed by atoms with Crippen LogP contribution in [0, 0.1) is 39.2 Å². The Labute approximate surface area is 602 Å². The molecule has 88 heavy (non-hydrogen) atoms. The fourth-order valence-electron chi connectivity index (χ4n) is 12.7. The highest BCUT2D eigenvalue weighted by Gasteiger charge is 2.43. The molecule has 0 N–H and O–H groups in total. The third kappa shape index (κ3) is 16.1. The van der Waals surface area contributed by atoms with Crippen molar-refractivity contribution in [3.8, 4) is 45.6 Å². The average molecular weight is 1890 g/mol. The Morgan fingerprint density at radius 1 is 0.398 bits per heavy atom. The number of thiol groups is 1. The van der Waals surface area contributed by atoms with Crippen LogP contribution in [-0.4, -0.2) is 54.5 Å². The van der Waals surface area contributed by atoms with Gasteiger partial charge in [-0.3, -0.25) is 0 Å². The first kappa shape index (κ1) is 68.1. The van der Waals surface area contributed by atoms with E-state index in [0.29, 0.717) is 34.5 Å². The predicted molar refractivity (Wildman–Crippen MR) is 394 cm³/mol. The zero-order valence-corrected chi connectivity index (χ0v) is 64.2. The molecular formula is C69H74I6O12S. The molecule has 0 bridgehead atoms. The Kier molecular flexibility index (Phi) is 23.3. The Hall–Kier alpha value is -2.74. The van der Waals surface area contributed by atoms with E-state index in [0.717, 1.165) is 131 Å². The molecular weight excluding hydrogens is 1810 g/mol. The van der Waals surface area contributed by atoms with Crippen LogP contribution in [0.1, 0.15) is 135 Å². The second-order valence-corrected chi connectivity index (χ2v) is 33.6. The lowest BCUT2D eigenvalue weighted by atomic mass is 9.88. The standard InChI is InChI=1S/C69H74I6O12S/c1-41(2)67(21-7-8-22-67)85-61(76)38-82-64-44(27-47(70)30-56(64)73)35-79-50-13-17-53(18-14-50)88-59-19-15-51(80-36-45-28-48(71)31-57(74)65(45)83-39-62(77)86-68(42(3)4)23-9-10-24-68)33-54(59)55-34-52(16-20-60(55)88)81-37-46-29-49(72)32-58(75)66(46)84-40-63(78)87-69(43(5)6)25-11-12-26-69/h13-20,27-34,41-43,88H,7-12,21-26,35-40H2,1-6H3. The number of carbonyl (C=O) groups excluding carboxylic acids is 3.